The van der Waals surface area contributed by atoms with E-state index in [1.54, 1.807) is 0 Å². The maximum Gasteiger partial charge on any atom is 0.320 e. The van der Waals surface area contributed by atoms with Gasteiger partial charge >= 0.3 is 5.97 Å². The molecule has 0 aromatic carbocycles. The van der Waals surface area contributed by atoms with Crippen molar-refractivity contribution in [2.45, 2.75) is 25.3 Å². The van der Waals surface area contributed by atoms with E-state index in [0.29, 0.717) is 32.4 Å². The lowest BCUT2D eigenvalue weighted by molar-refractivity contribution is -0.139. The lowest BCUT2D eigenvalue weighted by Crippen LogP contribution is -2.37. The van der Waals surface area contributed by atoms with Crippen LogP contribution in [-0.4, -0.2) is 47.9 Å². The molecule has 7 nitrogen and oxygen atoms in total. The van der Waals surface area contributed by atoms with Crippen molar-refractivity contribution in [3.05, 3.63) is 0 Å². The Labute approximate surface area is 107 Å². The SMILES string of the molecule is Cl.NC(N)=NCCC[C@H](NCCCO)C(=O)O. The van der Waals surface area contributed by atoms with Gasteiger partial charge < -0.3 is 27.0 Å². The zero-order valence-corrected chi connectivity index (χ0v) is 10.4. The van der Waals surface area contributed by atoms with Crippen LogP contribution >= 0.6 is 12.4 Å². The molecule has 0 amide bonds. The minimum Gasteiger partial charge on any atom is -0.480 e. The second-order valence-corrected chi connectivity index (χ2v) is 3.37. The van der Waals surface area contributed by atoms with Crippen LogP contribution in [0, 0.1) is 0 Å². The molecule has 0 aliphatic rings. The average Bonchev–Trinajstić information content (AvgIpc) is 2.21. The highest BCUT2D eigenvalue weighted by Gasteiger charge is 2.15. The summed E-state index contributed by atoms with van der Waals surface area (Å²) in [6.07, 6.45) is 1.59. The summed E-state index contributed by atoms with van der Waals surface area (Å²) in [4.78, 5) is 14.6. The molecule has 0 bridgehead atoms. The second kappa shape index (κ2) is 11.4. The molecule has 0 aromatic rings. The number of nitrogens with one attached hydrogen (secondary N) is 1. The molecule has 102 valence electrons. The fraction of sp³-hybridized carbons (Fsp3) is 0.778. The van der Waals surface area contributed by atoms with Crippen molar-refractivity contribution in [2.24, 2.45) is 16.5 Å². The molecule has 0 spiro atoms. The minimum atomic E-state index is -0.900. The van der Waals surface area contributed by atoms with Gasteiger partial charge in [0.05, 0.1) is 0 Å². The van der Waals surface area contributed by atoms with Gasteiger partial charge in [-0.1, -0.05) is 0 Å². The summed E-state index contributed by atoms with van der Waals surface area (Å²) in [6, 6.07) is -0.610. The Kier molecular flexibility index (Phi) is 12.3. The van der Waals surface area contributed by atoms with Crippen LogP contribution in [0.25, 0.3) is 0 Å². The zero-order chi connectivity index (χ0) is 12.4. The molecule has 7 N–H and O–H groups in total. The van der Waals surface area contributed by atoms with E-state index in [9.17, 15) is 4.79 Å². The minimum absolute atomic E-state index is 0. The van der Waals surface area contributed by atoms with E-state index >= 15 is 0 Å². The van der Waals surface area contributed by atoms with Crippen LogP contribution in [0.5, 0.6) is 0 Å². The van der Waals surface area contributed by atoms with Crippen LogP contribution in [0.15, 0.2) is 4.99 Å². The number of rotatable bonds is 9. The van der Waals surface area contributed by atoms with Gasteiger partial charge in [-0.3, -0.25) is 9.79 Å². The topological polar surface area (TPSA) is 134 Å². The third kappa shape index (κ3) is 11.2. The summed E-state index contributed by atoms with van der Waals surface area (Å²) in [5.41, 5.74) is 10.3. The molecule has 8 heteroatoms. The summed E-state index contributed by atoms with van der Waals surface area (Å²) in [7, 11) is 0. The molecular formula is C9H21ClN4O3. The fourth-order valence-electron chi connectivity index (χ4n) is 1.17. The number of nitrogens with zero attached hydrogens (tertiary/aromatic N) is 1. The molecule has 0 aliphatic carbocycles. The van der Waals surface area contributed by atoms with Gasteiger partial charge in [0, 0.05) is 13.2 Å². The van der Waals surface area contributed by atoms with Gasteiger partial charge in [0.15, 0.2) is 5.96 Å². The highest BCUT2D eigenvalue weighted by molar-refractivity contribution is 5.85. The lowest BCUT2D eigenvalue weighted by Gasteiger charge is -2.13. The number of aliphatic imine (C=N–C) groups is 1. The molecule has 0 aromatic heterocycles. The Balaban J connectivity index is 0. The standard InChI is InChI=1S/C9H20N4O3.ClH/c10-9(11)13-4-1-3-7(8(15)16)12-5-2-6-14;/h7,12,14H,1-6H2,(H,15,16)(H4,10,11,13);1H/t7-;/m0./s1. The lowest BCUT2D eigenvalue weighted by atomic mass is 10.1. The first-order valence-electron chi connectivity index (χ1n) is 5.20. The monoisotopic (exact) mass is 268 g/mol. The molecule has 0 unspecified atom stereocenters. The molecule has 0 heterocycles. The van der Waals surface area contributed by atoms with Gasteiger partial charge in [-0.05, 0) is 25.8 Å². The van der Waals surface area contributed by atoms with Crippen molar-refractivity contribution in [2.75, 3.05) is 19.7 Å². The number of aliphatic hydroxyl groups excluding tert-OH is 1. The third-order valence-electron chi connectivity index (χ3n) is 1.97. The van der Waals surface area contributed by atoms with E-state index in [0.717, 1.165) is 0 Å². The number of carboxylic acid groups (broad SMARTS) is 1. The molecule has 17 heavy (non-hydrogen) atoms. The van der Waals surface area contributed by atoms with Crippen molar-refractivity contribution in [3.63, 3.8) is 0 Å². The van der Waals surface area contributed by atoms with E-state index in [1.165, 1.54) is 0 Å². The molecular weight excluding hydrogens is 248 g/mol. The normalized spacial score (nSPS) is 11.4. The molecule has 0 rings (SSSR count). The van der Waals surface area contributed by atoms with Gasteiger partial charge in [-0.2, -0.15) is 0 Å². The van der Waals surface area contributed by atoms with Gasteiger partial charge in [-0.25, -0.2) is 0 Å². The fourth-order valence-corrected chi connectivity index (χ4v) is 1.17. The van der Waals surface area contributed by atoms with E-state index in [-0.39, 0.29) is 25.0 Å². The van der Waals surface area contributed by atoms with Crippen molar-refractivity contribution >= 4 is 24.3 Å². The Morgan fingerprint density at radius 1 is 1.35 bits per heavy atom. The number of aliphatic hydroxyl groups is 1. The van der Waals surface area contributed by atoms with Crippen molar-refractivity contribution in [3.8, 4) is 0 Å². The number of nitrogens with two attached hydrogens (primary N) is 2. The molecule has 0 radical (unpaired) electrons. The average molecular weight is 269 g/mol. The van der Waals surface area contributed by atoms with Crippen LogP contribution in [0.3, 0.4) is 0 Å². The highest BCUT2D eigenvalue weighted by Crippen LogP contribution is 1.98. The highest BCUT2D eigenvalue weighted by atomic mass is 35.5. The maximum absolute atomic E-state index is 10.8. The Morgan fingerprint density at radius 3 is 2.47 bits per heavy atom. The number of carboxylic acids is 1. The summed E-state index contributed by atoms with van der Waals surface area (Å²) in [5.74, 6) is -0.886. The van der Waals surface area contributed by atoms with Crippen LogP contribution < -0.4 is 16.8 Å². The number of carbonyl (C=O) groups is 1. The molecule has 1 atom stereocenters. The number of halogens is 1. The predicted octanol–water partition coefficient (Wildman–Crippen LogP) is -1.11. The Morgan fingerprint density at radius 2 is 2.00 bits per heavy atom. The smallest absolute Gasteiger partial charge is 0.320 e. The summed E-state index contributed by atoms with van der Waals surface area (Å²) in [6.45, 7) is 0.955. The van der Waals surface area contributed by atoms with Crippen LogP contribution in [0.2, 0.25) is 0 Å². The van der Waals surface area contributed by atoms with Crippen LogP contribution in [-0.2, 0) is 4.79 Å². The molecule has 0 saturated carbocycles. The largest absolute Gasteiger partial charge is 0.480 e. The van der Waals surface area contributed by atoms with Crippen LogP contribution in [0.4, 0.5) is 0 Å². The van der Waals surface area contributed by atoms with E-state index in [1.807, 2.05) is 0 Å². The summed E-state index contributed by atoms with van der Waals surface area (Å²) in [5, 5.41) is 20.3. The van der Waals surface area contributed by atoms with Crippen molar-refractivity contribution in [1.82, 2.24) is 5.32 Å². The quantitative estimate of drug-likeness (QED) is 0.204. The first-order valence-corrected chi connectivity index (χ1v) is 5.20. The molecule has 0 fully saturated rings. The van der Waals surface area contributed by atoms with E-state index < -0.39 is 12.0 Å². The Bertz CT molecular complexity index is 234. The first-order chi connectivity index (χ1) is 7.57. The number of hydrogen-bond donors (Lipinski definition) is 5. The van der Waals surface area contributed by atoms with Crippen molar-refractivity contribution < 1.29 is 15.0 Å². The number of aliphatic carboxylic acids is 1. The second-order valence-electron chi connectivity index (χ2n) is 3.37. The third-order valence-corrected chi connectivity index (χ3v) is 1.97. The van der Waals surface area contributed by atoms with Crippen LogP contribution in [0.1, 0.15) is 19.3 Å². The van der Waals surface area contributed by atoms with Crippen molar-refractivity contribution in [1.29, 1.82) is 0 Å². The predicted molar refractivity (Wildman–Crippen MR) is 68.3 cm³/mol. The Hall–Kier alpha value is -1.05. The summed E-state index contributed by atoms with van der Waals surface area (Å²) < 4.78 is 0. The zero-order valence-electron chi connectivity index (χ0n) is 9.63. The van der Waals surface area contributed by atoms with Gasteiger partial charge in [0.2, 0.25) is 0 Å². The molecule has 0 aliphatic heterocycles. The van der Waals surface area contributed by atoms with Gasteiger partial charge in [0.25, 0.3) is 0 Å². The van der Waals surface area contributed by atoms with Gasteiger partial charge in [-0.15, -0.1) is 12.4 Å². The molecule has 0 saturated heterocycles. The first kappa shape index (κ1) is 18.3. The van der Waals surface area contributed by atoms with E-state index in [2.05, 4.69) is 10.3 Å². The number of hydrogen-bond acceptors (Lipinski definition) is 4. The number of guanidine groups is 1. The van der Waals surface area contributed by atoms with E-state index in [4.69, 9.17) is 21.7 Å². The summed E-state index contributed by atoms with van der Waals surface area (Å²) >= 11 is 0. The maximum atomic E-state index is 10.8. The van der Waals surface area contributed by atoms with Gasteiger partial charge in [0.1, 0.15) is 6.04 Å².